The second kappa shape index (κ2) is 2.60. The van der Waals surface area contributed by atoms with Crippen LogP contribution in [0.2, 0.25) is 0 Å². The van der Waals surface area contributed by atoms with Crippen LogP contribution in [0.3, 0.4) is 0 Å². The van der Waals surface area contributed by atoms with E-state index in [1.54, 1.807) is 12.2 Å². The predicted octanol–water partition coefficient (Wildman–Crippen LogP) is 1.39. The second-order valence-corrected chi connectivity index (χ2v) is 4.68. The Morgan fingerprint density at radius 2 is 1.92 bits per heavy atom. The van der Waals surface area contributed by atoms with E-state index in [0.29, 0.717) is 0 Å². The average molecular weight is 195 g/mol. The minimum Gasteiger partial charge on any atom is -0.351 e. The van der Waals surface area contributed by atoms with E-state index in [0.717, 1.165) is 11.3 Å². The second-order valence-electron chi connectivity index (χ2n) is 2.96. The molecule has 0 spiro atoms. The first-order chi connectivity index (χ1) is 6.08. The smallest absolute Gasteiger partial charge is 0.193 e. The zero-order valence-corrected chi connectivity index (χ0v) is 7.95. The molecule has 2 heterocycles. The van der Waals surface area contributed by atoms with Gasteiger partial charge in [-0.15, -0.1) is 0 Å². The minimum atomic E-state index is -3.15. The number of hydrogen-bond acceptors (Lipinski definition) is 2. The van der Waals surface area contributed by atoms with Gasteiger partial charge in [-0.25, -0.2) is 8.42 Å². The van der Waals surface area contributed by atoms with Crippen LogP contribution in [-0.4, -0.2) is 13.0 Å². The molecule has 0 saturated carbocycles. The fourth-order valence-corrected chi connectivity index (χ4v) is 2.03. The van der Waals surface area contributed by atoms with E-state index in [4.69, 9.17) is 0 Å². The molecule has 13 heavy (non-hydrogen) atoms. The summed E-state index contributed by atoms with van der Waals surface area (Å²) in [5.41, 5.74) is 1.84. The number of rotatable bonds is 0. The zero-order valence-electron chi connectivity index (χ0n) is 7.14. The maximum Gasteiger partial charge on any atom is 0.193 e. The van der Waals surface area contributed by atoms with Gasteiger partial charge in [0.15, 0.2) is 9.84 Å². The molecule has 0 N–H and O–H groups in total. The third-order valence-corrected chi connectivity index (χ3v) is 3.04. The van der Waals surface area contributed by atoms with Crippen molar-refractivity contribution in [1.29, 1.82) is 0 Å². The first-order valence-corrected chi connectivity index (χ1v) is 5.46. The number of aromatic nitrogens is 1. The summed E-state index contributed by atoms with van der Waals surface area (Å²) < 4.78 is 24.2. The zero-order chi connectivity index (χ0) is 9.47. The van der Waals surface area contributed by atoms with Gasteiger partial charge < -0.3 is 4.57 Å². The third-order valence-electron chi connectivity index (χ3n) is 2.01. The van der Waals surface area contributed by atoms with Crippen LogP contribution < -0.4 is 0 Å². The van der Waals surface area contributed by atoms with Crippen LogP contribution in [0.5, 0.6) is 0 Å². The number of sulfone groups is 1. The average Bonchev–Trinajstić information content (AvgIpc) is 2.32. The maximum absolute atomic E-state index is 11.2. The highest BCUT2D eigenvalue weighted by Crippen LogP contribution is 2.18. The molecule has 2 rings (SSSR count). The van der Waals surface area contributed by atoms with Crippen molar-refractivity contribution < 1.29 is 8.42 Å². The molecule has 1 aromatic heterocycles. The molecule has 1 aromatic rings. The molecular weight excluding hydrogens is 186 g/mol. The van der Waals surface area contributed by atoms with Gasteiger partial charge >= 0.3 is 0 Å². The minimum absolute atomic E-state index is 0.914. The lowest BCUT2D eigenvalue weighted by Crippen LogP contribution is -1.89. The molecule has 0 bridgehead atoms. The fraction of sp³-hybridized carbons (Fsp3) is 0.111. The first-order valence-electron chi connectivity index (χ1n) is 3.85. The van der Waals surface area contributed by atoms with Crippen LogP contribution in [0, 0.1) is 0 Å². The van der Waals surface area contributed by atoms with Gasteiger partial charge in [0.25, 0.3) is 0 Å². The molecule has 0 radical (unpaired) electrons. The molecule has 1 aliphatic heterocycles. The van der Waals surface area contributed by atoms with E-state index in [9.17, 15) is 8.42 Å². The summed E-state index contributed by atoms with van der Waals surface area (Å²) in [4.78, 5) is 0. The lowest BCUT2D eigenvalue weighted by atomic mass is 10.2. The fourth-order valence-electron chi connectivity index (χ4n) is 1.29. The SMILES string of the molecule is Cn1ccc2c1C=CS(=O)(=O)C=C2. The lowest BCUT2D eigenvalue weighted by Gasteiger charge is -1.95. The molecule has 0 amide bonds. The molecule has 0 unspecified atom stereocenters. The number of aryl methyl sites for hydroxylation is 1. The first kappa shape index (κ1) is 8.31. The van der Waals surface area contributed by atoms with Crippen molar-refractivity contribution in [2.24, 2.45) is 7.05 Å². The van der Waals surface area contributed by atoms with Crippen molar-refractivity contribution in [2.75, 3.05) is 0 Å². The van der Waals surface area contributed by atoms with E-state index in [1.165, 1.54) is 10.8 Å². The molecule has 3 nitrogen and oxygen atoms in total. The van der Waals surface area contributed by atoms with Crippen LogP contribution in [-0.2, 0) is 16.9 Å². The topological polar surface area (TPSA) is 39.1 Å². The monoisotopic (exact) mass is 195 g/mol. The van der Waals surface area contributed by atoms with Crippen molar-refractivity contribution in [3.05, 3.63) is 34.3 Å². The predicted molar refractivity (Wildman–Crippen MR) is 52.4 cm³/mol. The Balaban J connectivity index is 2.67. The van der Waals surface area contributed by atoms with Gasteiger partial charge in [0.05, 0.1) is 0 Å². The summed E-state index contributed by atoms with van der Waals surface area (Å²) >= 11 is 0. The van der Waals surface area contributed by atoms with Crippen LogP contribution in [0.1, 0.15) is 11.3 Å². The Morgan fingerprint density at radius 1 is 1.23 bits per heavy atom. The number of hydrogen-bond donors (Lipinski definition) is 0. The van der Waals surface area contributed by atoms with Gasteiger partial charge in [-0.3, -0.25) is 0 Å². The van der Waals surface area contributed by atoms with Crippen LogP contribution in [0.25, 0.3) is 12.2 Å². The van der Waals surface area contributed by atoms with Crippen LogP contribution in [0.15, 0.2) is 23.1 Å². The van der Waals surface area contributed by atoms with E-state index < -0.39 is 9.84 Å². The molecule has 0 fully saturated rings. The van der Waals surface area contributed by atoms with Gasteiger partial charge in [0, 0.05) is 35.3 Å². The largest absolute Gasteiger partial charge is 0.351 e. The molecule has 68 valence electrons. The Kier molecular flexibility index (Phi) is 1.66. The van der Waals surface area contributed by atoms with Crippen molar-refractivity contribution in [2.45, 2.75) is 0 Å². The lowest BCUT2D eigenvalue weighted by molar-refractivity contribution is 0.613. The highest BCUT2D eigenvalue weighted by molar-refractivity contribution is 7.97. The van der Waals surface area contributed by atoms with Gasteiger partial charge in [-0.2, -0.15) is 0 Å². The molecule has 0 saturated heterocycles. The molecule has 0 atom stereocenters. The van der Waals surface area contributed by atoms with Crippen molar-refractivity contribution in [1.82, 2.24) is 4.57 Å². The van der Waals surface area contributed by atoms with E-state index in [-0.39, 0.29) is 0 Å². The standard InChI is InChI=1S/C9H9NO2S/c1-10-5-2-8-3-6-13(11,12)7-4-9(8)10/h2-7H,1H3. The maximum atomic E-state index is 11.2. The van der Waals surface area contributed by atoms with Gasteiger partial charge in [-0.05, 0) is 18.2 Å². The summed E-state index contributed by atoms with van der Waals surface area (Å²) in [5, 5.41) is 2.44. The molecular formula is C9H9NO2S. The Labute approximate surface area is 76.9 Å². The van der Waals surface area contributed by atoms with E-state index in [1.807, 2.05) is 23.9 Å². The van der Waals surface area contributed by atoms with E-state index >= 15 is 0 Å². The highest BCUT2D eigenvalue weighted by atomic mass is 32.2. The van der Waals surface area contributed by atoms with E-state index in [2.05, 4.69) is 0 Å². The molecule has 4 heteroatoms. The van der Waals surface area contributed by atoms with Crippen molar-refractivity contribution >= 4 is 22.0 Å². The molecule has 0 aromatic carbocycles. The Hall–Kier alpha value is -1.29. The number of nitrogens with zero attached hydrogens (tertiary/aromatic N) is 1. The van der Waals surface area contributed by atoms with Gasteiger partial charge in [-0.1, -0.05) is 0 Å². The number of fused-ring (bicyclic) bond motifs is 1. The van der Waals surface area contributed by atoms with Gasteiger partial charge in [0.2, 0.25) is 0 Å². The summed E-state index contributed by atoms with van der Waals surface area (Å²) in [6.07, 6.45) is 5.13. The van der Waals surface area contributed by atoms with Gasteiger partial charge in [0.1, 0.15) is 0 Å². The summed E-state index contributed by atoms with van der Waals surface area (Å²) in [5.74, 6) is 0. The quantitative estimate of drug-likeness (QED) is 0.627. The molecule has 0 aliphatic carbocycles. The third kappa shape index (κ3) is 1.45. The summed E-state index contributed by atoms with van der Waals surface area (Å²) in [6.45, 7) is 0. The highest BCUT2D eigenvalue weighted by Gasteiger charge is 2.08. The van der Waals surface area contributed by atoms with Crippen LogP contribution in [0.4, 0.5) is 0 Å². The summed E-state index contributed by atoms with van der Waals surface area (Å²) in [6, 6.07) is 1.89. The Morgan fingerprint density at radius 3 is 2.69 bits per heavy atom. The summed E-state index contributed by atoms with van der Waals surface area (Å²) in [7, 11) is -1.26. The molecule has 1 aliphatic rings. The van der Waals surface area contributed by atoms with Crippen LogP contribution >= 0.6 is 0 Å². The normalized spacial score (nSPS) is 18.2. The van der Waals surface area contributed by atoms with Crippen molar-refractivity contribution in [3.8, 4) is 0 Å². The van der Waals surface area contributed by atoms with Crippen molar-refractivity contribution in [3.63, 3.8) is 0 Å². The Bertz CT molecular complexity index is 492.